The van der Waals surface area contributed by atoms with Crippen molar-refractivity contribution in [1.29, 1.82) is 0 Å². The molecule has 1 aliphatic rings. The number of sulfonamides is 1. The first-order valence-electron chi connectivity index (χ1n) is 10.1. The molecule has 1 N–H and O–H groups in total. The van der Waals surface area contributed by atoms with Gasteiger partial charge in [0.2, 0.25) is 10.0 Å². The largest absolute Gasteiger partial charge is 0.494 e. The molecule has 0 aliphatic carbocycles. The summed E-state index contributed by atoms with van der Waals surface area (Å²) in [7, 11) is -3.91. The summed E-state index contributed by atoms with van der Waals surface area (Å²) < 4.78 is 34.8. The van der Waals surface area contributed by atoms with Crippen molar-refractivity contribution in [2.24, 2.45) is 0 Å². The summed E-state index contributed by atoms with van der Waals surface area (Å²) in [4.78, 5) is 14.9. The first-order chi connectivity index (χ1) is 15.3. The summed E-state index contributed by atoms with van der Waals surface area (Å²) in [6.07, 6.45) is -0.846. The predicted octanol–water partition coefficient (Wildman–Crippen LogP) is 2.94. The molecule has 1 saturated heterocycles. The minimum absolute atomic E-state index is 0.0702. The number of hydrogen-bond donors (Lipinski definition) is 1. The van der Waals surface area contributed by atoms with Crippen molar-refractivity contribution in [2.45, 2.75) is 36.9 Å². The third-order valence-corrected chi connectivity index (χ3v) is 7.33. The molecule has 10 heteroatoms. The Morgan fingerprint density at radius 2 is 1.97 bits per heavy atom. The van der Waals surface area contributed by atoms with E-state index in [0.717, 1.165) is 5.52 Å². The van der Waals surface area contributed by atoms with Gasteiger partial charge >= 0.3 is 5.97 Å². The van der Waals surface area contributed by atoms with Crippen LogP contribution in [0.15, 0.2) is 53.4 Å². The first kappa shape index (κ1) is 21.8. The topological polar surface area (TPSA) is 106 Å². The van der Waals surface area contributed by atoms with E-state index in [4.69, 9.17) is 11.3 Å². The fraction of sp³-hybridized carbons (Fsp3) is 0.318. The smallest absolute Gasteiger partial charge is 0.309 e. The highest BCUT2D eigenvalue weighted by Gasteiger charge is 2.46. The lowest BCUT2D eigenvalue weighted by Crippen LogP contribution is -2.34. The molecule has 2 heterocycles. The van der Waals surface area contributed by atoms with E-state index in [1.165, 1.54) is 16.4 Å². The van der Waals surface area contributed by atoms with Gasteiger partial charge < -0.3 is 9.84 Å². The van der Waals surface area contributed by atoms with E-state index in [1.54, 1.807) is 28.9 Å². The fourth-order valence-electron chi connectivity index (χ4n) is 4.03. The molecular formula is C22H22N4O5S. The molecule has 2 aromatic carbocycles. The third-order valence-electron chi connectivity index (χ3n) is 5.45. The van der Waals surface area contributed by atoms with Crippen LogP contribution in [0.5, 0.6) is 5.75 Å². The number of fused-ring (bicyclic) bond motifs is 1. The Labute approximate surface area is 185 Å². The van der Waals surface area contributed by atoms with Gasteiger partial charge in [-0.1, -0.05) is 18.2 Å². The zero-order valence-electron chi connectivity index (χ0n) is 17.4. The summed E-state index contributed by atoms with van der Waals surface area (Å²) in [6.45, 7) is 9.95. The molecule has 1 aromatic heterocycles. The molecular weight excluding hydrogens is 432 g/mol. The zero-order valence-corrected chi connectivity index (χ0v) is 18.2. The molecule has 0 saturated carbocycles. The van der Waals surface area contributed by atoms with Gasteiger partial charge in [-0.3, -0.25) is 14.3 Å². The van der Waals surface area contributed by atoms with Crippen molar-refractivity contribution in [3.05, 3.63) is 65.6 Å². The van der Waals surface area contributed by atoms with Crippen LogP contribution in [0.4, 0.5) is 0 Å². The number of carboxylic acids is 1. The van der Waals surface area contributed by atoms with Crippen molar-refractivity contribution in [1.82, 2.24) is 14.1 Å². The Morgan fingerprint density at radius 1 is 1.25 bits per heavy atom. The molecule has 0 spiro atoms. The number of para-hydroxylation sites is 1. The van der Waals surface area contributed by atoms with Crippen molar-refractivity contribution in [3.63, 3.8) is 0 Å². The molecule has 9 nitrogen and oxygen atoms in total. The maximum absolute atomic E-state index is 13.3. The molecule has 0 unspecified atom stereocenters. The van der Waals surface area contributed by atoms with Crippen molar-refractivity contribution in [2.75, 3.05) is 13.2 Å². The highest BCUT2D eigenvalue weighted by molar-refractivity contribution is 7.89. The van der Waals surface area contributed by atoms with Gasteiger partial charge in [0, 0.05) is 11.9 Å². The van der Waals surface area contributed by atoms with E-state index in [9.17, 15) is 18.3 Å². The second kappa shape index (κ2) is 8.61. The zero-order chi connectivity index (χ0) is 22.9. The lowest BCUT2D eigenvalue weighted by molar-refractivity contribution is -0.136. The van der Waals surface area contributed by atoms with Crippen molar-refractivity contribution in [3.8, 4) is 5.75 Å². The fourth-order valence-corrected chi connectivity index (χ4v) is 5.61. The summed E-state index contributed by atoms with van der Waals surface area (Å²) in [6, 6.07) is 13.0. The van der Waals surface area contributed by atoms with Gasteiger partial charge in [-0.2, -0.15) is 5.10 Å². The van der Waals surface area contributed by atoms with E-state index in [-0.39, 0.29) is 30.3 Å². The third kappa shape index (κ3) is 3.92. The number of benzene rings is 2. The summed E-state index contributed by atoms with van der Waals surface area (Å²) >= 11 is 0. The molecule has 0 bridgehead atoms. The number of hydrogen-bond acceptors (Lipinski definition) is 5. The van der Waals surface area contributed by atoms with E-state index < -0.39 is 22.2 Å². The lowest BCUT2D eigenvalue weighted by atomic mass is 10.1. The van der Waals surface area contributed by atoms with E-state index >= 15 is 0 Å². The molecule has 1 fully saturated rings. The Bertz CT molecular complexity index is 1290. The summed E-state index contributed by atoms with van der Waals surface area (Å²) in [5.74, 6) is -0.424. The Morgan fingerprint density at radius 3 is 2.62 bits per heavy atom. The standard InChI is InChI=1S/C22H22N4O5S/c1-3-31-16-8-10-17(11-9-16)32(29,30)25-14-15(12-21(25)23-2)26-20-7-5-4-6-18(20)19(24-26)13-22(27)28/h4-11,15,21H,3,12-14H2,1H3,(H,27,28)/t15-,21-/m1/s1. The molecule has 3 aromatic rings. The number of ether oxygens (including phenoxy) is 1. The number of aliphatic carboxylic acids is 1. The van der Waals surface area contributed by atoms with Gasteiger partial charge in [-0.25, -0.2) is 15.0 Å². The molecule has 32 heavy (non-hydrogen) atoms. The van der Waals surface area contributed by atoms with Crippen molar-refractivity contribution < 1.29 is 23.1 Å². The van der Waals surface area contributed by atoms with Crippen LogP contribution in [-0.2, 0) is 21.2 Å². The molecule has 0 radical (unpaired) electrons. The average molecular weight is 455 g/mol. The number of rotatable bonds is 7. The number of carbonyl (C=O) groups is 1. The predicted molar refractivity (Wildman–Crippen MR) is 117 cm³/mol. The lowest BCUT2D eigenvalue weighted by Gasteiger charge is -2.17. The van der Waals surface area contributed by atoms with Crippen LogP contribution in [-0.4, -0.2) is 52.9 Å². The van der Waals surface area contributed by atoms with Gasteiger partial charge in [0.1, 0.15) is 5.75 Å². The average Bonchev–Trinajstić information content (AvgIpc) is 3.36. The van der Waals surface area contributed by atoms with Crippen molar-refractivity contribution >= 4 is 26.9 Å². The van der Waals surface area contributed by atoms with Crippen LogP contribution < -0.4 is 4.74 Å². The van der Waals surface area contributed by atoms with E-state index in [2.05, 4.69) is 9.94 Å². The minimum atomic E-state index is -3.91. The van der Waals surface area contributed by atoms with Gasteiger partial charge in [0.05, 0.1) is 41.6 Å². The maximum Gasteiger partial charge on any atom is 0.309 e. The quantitative estimate of drug-likeness (QED) is 0.550. The van der Waals surface area contributed by atoms with E-state index in [1.807, 2.05) is 19.1 Å². The first-order valence-corrected chi connectivity index (χ1v) is 11.6. The SMILES string of the molecule is [C-]#[N+][C@H]1C[C@@H](n2nc(CC(=O)O)c3ccccc32)CN1S(=O)(=O)c1ccc(OCC)cc1. The van der Waals surface area contributed by atoms with Crippen LogP contribution in [0.3, 0.4) is 0 Å². The van der Waals surface area contributed by atoms with Crippen LogP contribution in [0.1, 0.15) is 25.1 Å². The summed E-state index contributed by atoms with van der Waals surface area (Å²) in [5, 5.41) is 14.4. The molecule has 166 valence electrons. The number of nitrogens with zero attached hydrogens (tertiary/aromatic N) is 4. The number of carboxylic acid groups (broad SMARTS) is 1. The normalized spacial score (nSPS) is 19.1. The maximum atomic E-state index is 13.3. The van der Waals surface area contributed by atoms with Gasteiger partial charge in [-0.05, 0) is 37.3 Å². The Balaban J connectivity index is 1.68. The summed E-state index contributed by atoms with van der Waals surface area (Å²) in [5.41, 5.74) is 1.14. The highest BCUT2D eigenvalue weighted by Crippen LogP contribution is 2.35. The second-order valence-corrected chi connectivity index (χ2v) is 9.35. The van der Waals surface area contributed by atoms with Gasteiger partial charge in [-0.15, -0.1) is 4.31 Å². The van der Waals surface area contributed by atoms with E-state index in [0.29, 0.717) is 23.4 Å². The Hall–Kier alpha value is -3.42. The van der Waals surface area contributed by atoms with Crippen LogP contribution in [0, 0.1) is 6.57 Å². The molecule has 0 amide bonds. The molecule has 4 rings (SSSR count). The highest BCUT2D eigenvalue weighted by atomic mass is 32.2. The monoisotopic (exact) mass is 454 g/mol. The molecule has 1 aliphatic heterocycles. The second-order valence-electron chi connectivity index (χ2n) is 7.46. The number of aromatic nitrogens is 2. The van der Waals surface area contributed by atoms with Crippen LogP contribution in [0.25, 0.3) is 15.7 Å². The van der Waals surface area contributed by atoms with Gasteiger partial charge in [0.25, 0.3) is 6.17 Å². The molecule has 2 atom stereocenters. The van der Waals surface area contributed by atoms with Crippen LogP contribution >= 0.6 is 0 Å². The van der Waals surface area contributed by atoms with Crippen LogP contribution in [0.2, 0.25) is 0 Å². The minimum Gasteiger partial charge on any atom is -0.494 e. The Kier molecular flexibility index (Phi) is 5.86. The van der Waals surface area contributed by atoms with Gasteiger partial charge in [0.15, 0.2) is 0 Å².